The zero-order chi connectivity index (χ0) is 18.5. The number of urea groups is 1. The van der Waals surface area contributed by atoms with Crippen molar-refractivity contribution < 1.29 is 14.0 Å². The molecule has 0 aliphatic carbocycles. The zero-order valence-corrected chi connectivity index (χ0v) is 14.5. The molecule has 1 fully saturated rings. The third-order valence-corrected chi connectivity index (χ3v) is 4.17. The highest BCUT2D eigenvalue weighted by atomic mass is 19.1. The van der Waals surface area contributed by atoms with E-state index in [1.54, 1.807) is 17.0 Å². The molecule has 26 heavy (non-hydrogen) atoms. The van der Waals surface area contributed by atoms with Crippen LogP contribution in [0.2, 0.25) is 0 Å². The minimum atomic E-state index is -0.383. The van der Waals surface area contributed by atoms with Gasteiger partial charge in [0.1, 0.15) is 5.82 Å². The summed E-state index contributed by atoms with van der Waals surface area (Å²) < 4.78 is 13.2. The van der Waals surface area contributed by atoms with E-state index in [0.717, 1.165) is 11.4 Å². The molecular weight excluding hydrogens is 335 g/mol. The molecule has 7 heteroatoms. The van der Waals surface area contributed by atoms with E-state index in [4.69, 9.17) is 0 Å². The van der Waals surface area contributed by atoms with Crippen molar-refractivity contribution in [3.8, 4) is 0 Å². The Kier molecular flexibility index (Phi) is 5.36. The number of nitrogens with zero attached hydrogens (tertiary/aromatic N) is 2. The van der Waals surface area contributed by atoms with Crippen LogP contribution in [0.4, 0.5) is 26.2 Å². The van der Waals surface area contributed by atoms with Crippen molar-refractivity contribution >= 4 is 29.0 Å². The van der Waals surface area contributed by atoms with Crippen LogP contribution in [0.15, 0.2) is 48.5 Å². The molecule has 0 atom stereocenters. The van der Waals surface area contributed by atoms with Gasteiger partial charge in [-0.15, -0.1) is 0 Å². The molecule has 0 aromatic heterocycles. The van der Waals surface area contributed by atoms with Crippen LogP contribution in [0.1, 0.15) is 6.92 Å². The summed E-state index contributed by atoms with van der Waals surface area (Å²) in [5.41, 5.74) is 2.20. The van der Waals surface area contributed by atoms with Gasteiger partial charge in [-0.05, 0) is 36.4 Å². The number of carbonyl (C=O) groups excluding carboxylic acids is 2. The van der Waals surface area contributed by atoms with Crippen LogP contribution < -0.4 is 15.5 Å². The topological polar surface area (TPSA) is 64.7 Å². The molecule has 6 nitrogen and oxygen atoms in total. The summed E-state index contributed by atoms with van der Waals surface area (Å²) in [5, 5.41) is 5.49. The fourth-order valence-corrected chi connectivity index (χ4v) is 2.92. The quantitative estimate of drug-likeness (QED) is 0.888. The fourth-order valence-electron chi connectivity index (χ4n) is 2.92. The van der Waals surface area contributed by atoms with Gasteiger partial charge in [-0.25, -0.2) is 9.18 Å². The summed E-state index contributed by atoms with van der Waals surface area (Å²) >= 11 is 0. The minimum Gasteiger partial charge on any atom is -0.368 e. The molecular formula is C19H21FN4O2. The lowest BCUT2D eigenvalue weighted by atomic mass is 10.2. The summed E-state index contributed by atoms with van der Waals surface area (Å²) in [6, 6.07) is 13.2. The Labute approximate surface area is 151 Å². The summed E-state index contributed by atoms with van der Waals surface area (Å²) in [7, 11) is 0. The van der Waals surface area contributed by atoms with Gasteiger partial charge in [0.15, 0.2) is 0 Å². The van der Waals surface area contributed by atoms with Gasteiger partial charge in [-0.3, -0.25) is 4.79 Å². The second-order valence-electron chi connectivity index (χ2n) is 6.15. The first kappa shape index (κ1) is 17.7. The molecule has 0 radical (unpaired) electrons. The van der Waals surface area contributed by atoms with Crippen molar-refractivity contribution in [3.63, 3.8) is 0 Å². The lowest BCUT2D eigenvalue weighted by Gasteiger charge is -2.36. The van der Waals surface area contributed by atoms with Crippen molar-refractivity contribution in [3.05, 3.63) is 54.3 Å². The lowest BCUT2D eigenvalue weighted by molar-refractivity contribution is -0.114. The molecule has 0 spiro atoms. The number of rotatable bonds is 3. The highest BCUT2D eigenvalue weighted by molar-refractivity contribution is 5.90. The molecule has 1 aliphatic rings. The highest BCUT2D eigenvalue weighted by Gasteiger charge is 2.21. The zero-order valence-electron chi connectivity index (χ0n) is 14.5. The van der Waals surface area contributed by atoms with E-state index in [1.807, 2.05) is 24.3 Å². The van der Waals surface area contributed by atoms with Crippen LogP contribution >= 0.6 is 0 Å². The average Bonchev–Trinajstić information content (AvgIpc) is 2.61. The second-order valence-corrected chi connectivity index (χ2v) is 6.15. The van der Waals surface area contributed by atoms with Gasteiger partial charge < -0.3 is 20.4 Å². The number of amides is 3. The smallest absolute Gasteiger partial charge is 0.321 e. The van der Waals surface area contributed by atoms with Gasteiger partial charge in [0.05, 0.1) is 0 Å². The molecule has 136 valence electrons. The summed E-state index contributed by atoms with van der Waals surface area (Å²) in [4.78, 5) is 27.4. The highest BCUT2D eigenvalue weighted by Crippen LogP contribution is 2.21. The van der Waals surface area contributed by atoms with Crippen LogP contribution in [-0.4, -0.2) is 43.0 Å². The maximum Gasteiger partial charge on any atom is 0.321 e. The molecule has 0 bridgehead atoms. The molecule has 3 rings (SSSR count). The van der Waals surface area contributed by atoms with E-state index in [-0.39, 0.29) is 17.8 Å². The monoisotopic (exact) mass is 356 g/mol. The number of carbonyl (C=O) groups is 2. The predicted octanol–water partition coefficient (Wildman–Crippen LogP) is 3.14. The molecule has 2 aromatic carbocycles. The molecule has 2 aromatic rings. The Morgan fingerprint density at radius 1 is 0.923 bits per heavy atom. The molecule has 1 aliphatic heterocycles. The maximum absolute atomic E-state index is 13.2. The fraction of sp³-hybridized carbons (Fsp3) is 0.263. The standard InChI is InChI=1S/C19H21FN4O2/c1-14(25)21-17-6-3-7-18(13-17)23-8-10-24(11-9-23)19(26)22-16-5-2-4-15(20)12-16/h2-7,12-13H,8-11H2,1H3,(H,21,25)(H,22,26). The minimum absolute atomic E-state index is 0.110. The normalized spacial score (nSPS) is 14.1. The van der Waals surface area contributed by atoms with Crippen LogP contribution in [0.25, 0.3) is 0 Å². The van der Waals surface area contributed by atoms with E-state index in [1.165, 1.54) is 19.1 Å². The Bertz CT molecular complexity index is 804. The van der Waals surface area contributed by atoms with Crippen molar-refractivity contribution in [1.29, 1.82) is 0 Å². The first-order valence-corrected chi connectivity index (χ1v) is 8.45. The van der Waals surface area contributed by atoms with Crippen LogP contribution in [0, 0.1) is 5.82 Å². The first-order chi connectivity index (χ1) is 12.5. The van der Waals surface area contributed by atoms with Gasteiger partial charge in [0, 0.05) is 50.2 Å². The summed E-state index contributed by atoms with van der Waals surface area (Å²) in [5.74, 6) is -0.493. The molecule has 3 amide bonds. The Balaban J connectivity index is 1.57. The van der Waals surface area contributed by atoms with E-state index < -0.39 is 0 Å². The van der Waals surface area contributed by atoms with Gasteiger partial charge >= 0.3 is 6.03 Å². The summed E-state index contributed by atoms with van der Waals surface area (Å²) in [6.45, 7) is 3.96. The average molecular weight is 356 g/mol. The van der Waals surface area contributed by atoms with Gasteiger partial charge in [0.25, 0.3) is 0 Å². The number of nitrogens with one attached hydrogen (secondary N) is 2. The third kappa shape index (κ3) is 4.50. The third-order valence-electron chi connectivity index (χ3n) is 4.17. The molecule has 0 saturated carbocycles. The Morgan fingerprint density at radius 3 is 2.23 bits per heavy atom. The second kappa shape index (κ2) is 7.86. The summed E-state index contributed by atoms with van der Waals surface area (Å²) in [6.07, 6.45) is 0. The number of hydrogen-bond acceptors (Lipinski definition) is 3. The lowest BCUT2D eigenvalue weighted by Crippen LogP contribution is -2.50. The Hall–Kier alpha value is -3.09. The molecule has 1 saturated heterocycles. The molecule has 0 unspecified atom stereocenters. The largest absolute Gasteiger partial charge is 0.368 e. The van der Waals surface area contributed by atoms with Gasteiger partial charge in [-0.1, -0.05) is 12.1 Å². The maximum atomic E-state index is 13.2. The number of halogens is 1. The van der Waals surface area contributed by atoms with Crippen molar-refractivity contribution in [1.82, 2.24) is 4.90 Å². The van der Waals surface area contributed by atoms with Gasteiger partial charge in [0.2, 0.25) is 5.91 Å². The van der Waals surface area contributed by atoms with Crippen molar-refractivity contribution in [2.45, 2.75) is 6.92 Å². The van der Waals surface area contributed by atoms with Crippen molar-refractivity contribution in [2.75, 3.05) is 41.7 Å². The van der Waals surface area contributed by atoms with E-state index in [0.29, 0.717) is 31.9 Å². The van der Waals surface area contributed by atoms with Crippen LogP contribution in [0.3, 0.4) is 0 Å². The number of hydrogen-bond donors (Lipinski definition) is 2. The van der Waals surface area contributed by atoms with Gasteiger partial charge in [-0.2, -0.15) is 0 Å². The number of anilines is 3. The van der Waals surface area contributed by atoms with Crippen LogP contribution in [0.5, 0.6) is 0 Å². The first-order valence-electron chi connectivity index (χ1n) is 8.45. The molecule has 1 heterocycles. The predicted molar refractivity (Wildman–Crippen MR) is 100.0 cm³/mol. The van der Waals surface area contributed by atoms with E-state index >= 15 is 0 Å². The number of benzene rings is 2. The van der Waals surface area contributed by atoms with E-state index in [2.05, 4.69) is 15.5 Å². The SMILES string of the molecule is CC(=O)Nc1cccc(N2CCN(C(=O)Nc3cccc(F)c3)CC2)c1. The van der Waals surface area contributed by atoms with Crippen LogP contribution in [-0.2, 0) is 4.79 Å². The number of piperazine rings is 1. The van der Waals surface area contributed by atoms with Crippen molar-refractivity contribution in [2.24, 2.45) is 0 Å². The Morgan fingerprint density at radius 2 is 1.58 bits per heavy atom. The van der Waals surface area contributed by atoms with E-state index in [9.17, 15) is 14.0 Å². The molecule has 2 N–H and O–H groups in total.